The number of aromatic nitrogens is 1. The molecule has 3 rings (SSSR count). The fourth-order valence-electron chi connectivity index (χ4n) is 3.20. The summed E-state index contributed by atoms with van der Waals surface area (Å²) in [5.41, 5.74) is 11.0. The summed E-state index contributed by atoms with van der Waals surface area (Å²) in [6, 6.07) is 16.2. The average molecular weight is 462 g/mol. The monoisotopic (exact) mass is 461 g/mol. The Morgan fingerprint density at radius 1 is 1.06 bits per heavy atom. The van der Waals surface area contributed by atoms with Gasteiger partial charge in [-0.1, -0.05) is 98.4 Å². The zero-order valence-electron chi connectivity index (χ0n) is 22.6. The first-order valence-corrected chi connectivity index (χ1v) is 12.3. The summed E-state index contributed by atoms with van der Waals surface area (Å²) in [6.07, 6.45) is 2.58. The zero-order valence-corrected chi connectivity index (χ0v) is 22.6. The number of hydrogen-bond donors (Lipinski definition) is 1. The van der Waals surface area contributed by atoms with Crippen molar-refractivity contribution < 1.29 is 4.74 Å². The third kappa shape index (κ3) is 8.56. The minimum Gasteiger partial charge on any atom is -0.445 e. The van der Waals surface area contributed by atoms with Gasteiger partial charge in [0, 0.05) is 17.3 Å². The van der Waals surface area contributed by atoms with Crippen LogP contribution in [0.5, 0.6) is 0 Å². The van der Waals surface area contributed by atoms with Crippen LogP contribution in [0.15, 0.2) is 83.6 Å². The lowest BCUT2D eigenvalue weighted by Gasteiger charge is -2.28. The summed E-state index contributed by atoms with van der Waals surface area (Å²) in [5, 5.41) is 9.64. The number of rotatable bonds is 4. The topological polar surface area (TPSA) is 71.9 Å². The van der Waals surface area contributed by atoms with Crippen LogP contribution in [0.3, 0.4) is 0 Å². The summed E-state index contributed by atoms with van der Waals surface area (Å²) in [5.74, 6) is 1.29. The molecule has 1 unspecified atom stereocenters. The van der Waals surface area contributed by atoms with Gasteiger partial charge in [0.1, 0.15) is 17.4 Å². The summed E-state index contributed by atoms with van der Waals surface area (Å²) < 4.78 is 5.60. The molecule has 0 bridgehead atoms. The molecule has 1 atom stereocenters. The summed E-state index contributed by atoms with van der Waals surface area (Å²) in [4.78, 5) is 4.64. The molecule has 1 aliphatic heterocycles. The highest BCUT2D eigenvalue weighted by molar-refractivity contribution is 5.63. The van der Waals surface area contributed by atoms with E-state index in [2.05, 4.69) is 38.4 Å². The lowest BCUT2D eigenvalue weighted by Crippen LogP contribution is -2.21. The number of nitriles is 1. The first-order valence-electron chi connectivity index (χ1n) is 12.3. The minimum absolute atomic E-state index is 0.136. The maximum absolute atomic E-state index is 9.64. The lowest BCUT2D eigenvalue weighted by molar-refractivity contribution is 0.281. The van der Waals surface area contributed by atoms with Crippen LogP contribution in [0.4, 0.5) is 0 Å². The molecule has 0 aliphatic carbocycles. The van der Waals surface area contributed by atoms with E-state index in [1.165, 1.54) is 0 Å². The maximum Gasteiger partial charge on any atom is 0.205 e. The Morgan fingerprint density at radius 3 is 2.06 bits per heavy atom. The first kappa shape index (κ1) is 30.7. The van der Waals surface area contributed by atoms with Gasteiger partial charge in [-0.3, -0.25) is 4.98 Å². The molecule has 0 radical (unpaired) electrons. The molecule has 2 heterocycles. The van der Waals surface area contributed by atoms with Crippen LogP contribution in [0.1, 0.15) is 80.3 Å². The number of pyridine rings is 1. The van der Waals surface area contributed by atoms with Crippen molar-refractivity contribution in [3.63, 3.8) is 0 Å². The van der Waals surface area contributed by atoms with Crippen molar-refractivity contribution in [1.29, 1.82) is 5.26 Å². The Labute approximate surface area is 207 Å². The van der Waals surface area contributed by atoms with E-state index in [9.17, 15) is 5.26 Å². The van der Waals surface area contributed by atoms with Crippen LogP contribution in [-0.2, 0) is 4.74 Å². The fraction of sp³-hybridized carbons (Fsp3) is 0.400. The van der Waals surface area contributed by atoms with Crippen molar-refractivity contribution in [3.05, 3.63) is 89.3 Å². The van der Waals surface area contributed by atoms with Gasteiger partial charge in [-0.25, -0.2) is 0 Å². The number of allylic oxidation sites excluding steroid dienone is 4. The maximum atomic E-state index is 9.64. The molecule has 0 fully saturated rings. The molecule has 0 saturated carbocycles. The van der Waals surface area contributed by atoms with Crippen molar-refractivity contribution in [1.82, 2.24) is 4.98 Å². The number of ether oxygens (including phenoxy) is 1. The molecule has 0 amide bonds. The lowest BCUT2D eigenvalue weighted by atomic mass is 9.81. The van der Waals surface area contributed by atoms with E-state index in [-0.39, 0.29) is 11.8 Å². The van der Waals surface area contributed by atoms with Gasteiger partial charge in [0.15, 0.2) is 0 Å². The minimum atomic E-state index is -0.356. The predicted octanol–water partition coefficient (Wildman–Crippen LogP) is 8.51. The Kier molecular flexibility index (Phi) is 14.7. The Balaban J connectivity index is 0.00000121. The van der Waals surface area contributed by atoms with Crippen molar-refractivity contribution in [3.8, 4) is 17.2 Å². The zero-order chi connectivity index (χ0) is 26.3. The molecule has 34 heavy (non-hydrogen) atoms. The smallest absolute Gasteiger partial charge is 0.205 e. The highest BCUT2D eigenvalue weighted by Crippen LogP contribution is 2.42. The molecule has 1 aromatic heterocycles. The molecule has 1 aromatic carbocycles. The van der Waals surface area contributed by atoms with Gasteiger partial charge in [0.2, 0.25) is 5.88 Å². The Bertz CT molecular complexity index is 975. The summed E-state index contributed by atoms with van der Waals surface area (Å²) in [6.45, 7) is 22.5. The SMILES string of the molecule is C=C(CC)C1=C(C)OC(N)=C(C#N)C1c1ccc(-c2ccccc2)cn1.CC.CC.CC(C)C. The molecule has 4 heteroatoms. The number of nitrogens with two attached hydrogens (primary N) is 1. The van der Waals surface area contributed by atoms with Gasteiger partial charge in [0.25, 0.3) is 0 Å². The third-order valence-electron chi connectivity index (χ3n) is 4.60. The second kappa shape index (κ2) is 16.3. The van der Waals surface area contributed by atoms with Gasteiger partial charge in [-0.05, 0) is 36.5 Å². The standard InChI is InChI=1S/C22H21N3O.C4H10.2C2H6/c1-4-14(2)20-15(3)26-22(24)18(12-23)21(20)19-11-10-17(13-25-19)16-8-6-5-7-9-16;1-4(2)3;2*1-2/h5-11,13,21H,2,4,24H2,1,3H3;4H,1-3H3;2*1-2H3. The molecule has 2 aromatic rings. The van der Waals surface area contributed by atoms with Crippen molar-refractivity contribution >= 4 is 0 Å². The number of benzene rings is 1. The average Bonchev–Trinajstić information content (AvgIpc) is 2.86. The largest absolute Gasteiger partial charge is 0.445 e. The van der Waals surface area contributed by atoms with Gasteiger partial charge in [-0.15, -0.1) is 0 Å². The molecular formula is C30H43N3O. The van der Waals surface area contributed by atoms with E-state index in [1.807, 2.05) is 90.2 Å². The van der Waals surface area contributed by atoms with E-state index in [0.717, 1.165) is 40.3 Å². The Morgan fingerprint density at radius 2 is 1.62 bits per heavy atom. The Hall–Kier alpha value is -3.32. The fourth-order valence-corrected chi connectivity index (χ4v) is 3.20. The molecule has 0 saturated heterocycles. The molecule has 1 aliphatic rings. The van der Waals surface area contributed by atoms with Gasteiger partial charge in [-0.2, -0.15) is 5.26 Å². The summed E-state index contributed by atoms with van der Waals surface area (Å²) in [7, 11) is 0. The van der Waals surface area contributed by atoms with Crippen molar-refractivity contribution in [2.75, 3.05) is 0 Å². The highest BCUT2D eigenvalue weighted by atomic mass is 16.5. The van der Waals surface area contributed by atoms with Crippen LogP contribution in [0.25, 0.3) is 11.1 Å². The van der Waals surface area contributed by atoms with E-state index >= 15 is 0 Å². The molecule has 4 nitrogen and oxygen atoms in total. The van der Waals surface area contributed by atoms with Crippen molar-refractivity contribution in [2.24, 2.45) is 11.7 Å². The highest BCUT2D eigenvalue weighted by Gasteiger charge is 2.33. The van der Waals surface area contributed by atoms with Crippen LogP contribution >= 0.6 is 0 Å². The molecule has 2 N–H and O–H groups in total. The number of nitrogens with zero attached hydrogens (tertiary/aromatic N) is 2. The normalized spacial score (nSPS) is 14.3. The second-order valence-electron chi connectivity index (χ2n) is 7.92. The summed E-state index contributed by atoms with van der Waals surface area (Å²) >= 11 is 0. The van der Waals surface area contributed by atoms with Gasteiger partial charge in [0.05, 0.1) is 11.6 Å². The molecular weight excluding hydrogens is 418 g/mol. The van der Waals surface area contributed by atoms with E-state index in [4.69, 9.17) is 10.5 Å². The first-order chi connectivity index (χ1) is 16.3. The van der Waals surface area contributed by atoms with Crippen LogP contribution in [-0.4, -0.2) is 4.98 Å². The third-order valence-corrected chi connectivity index (χ3v) is 4.60. The molecule has 0 spiro atoms. The molecule has 184 valence electrons. The van der Waals surface area contributed by atoms with Crippen LogP contribution < -0.4 is 5.73 Å². The quantitative estimate of drug-likeness (QED) is 0.495. The van der Waals surface area contributed by atoms with Crippen LogP contribution in [0.2, 0.25) is 0 Å². The van der Waals surface area contributed by atoms with E-state index < -0.39 is 0 Å². The second-order valence-corrected chi connectivity index (χ2v) is 7.92. The van der Waals surface area contributed by atoms with E-state index in [1.54, 1.807) is 0 Å². The van der Waals surface area contributed by atoms with Crippen LogP contribution in [0, 0.1) is 17.2 Å². The van der Waals surface area contributed by atoms with E-state index in [0.29, 0.717) is 11.3 Å². The van der Waals surface area contributed by atoms with Crippen molar-refractivity contribution in [2.45, 2.75) is 74.7 Å². The predicted molar refractivity (Wildman–Crippen MR) is 146 cm³/mol. The number of hydrogen-bond acceptors (Lipinski definition) is 4. The van der Waals surface area contributed by atoms with Gasteiger partial charge >= 0.3 is 0 Å². The van der Waals surface area contributed by atoms with Gasteiger partial charge < -0.3 is 10.5 Å².